The zero-order chi connectivity index (χ0) is 18.1. The molecule has 0 aliphatic rings. The van der Waals surface area contributed by atoms with Crippen molar-refractivity contribution in [3.8, 4) is 10.6 Å². The van der Waals surface area contributed by atoms with Crippen LogP contribution in [0.3, 0.4) is 0 Å². The first-order valence-corrected chi connectivity index (χ1v) is 10.3. The number of rotatable bonds is 4. The van der Waals surface area contributed by atoms with Crippen LogP contribution in [0.5, 0.6) is 0 Å². The second-order valence-corrected chi connectivity index (χ2v) is 8.63. The summed E-state index contributed by atoms with van der Waals surface area (Å²) in [6.07, 6.45) is 0. The van der Waals surface area contributed by atoms with Gasteiger partial charge in [0.05, 0.1) is 4.90 Å². The van der Waals surface area contributed by atoms with Gasteiger partial charge in [-0.25, -0.2) is 8.42 Å². The molecule has 0 saturated carbocycles. The summed E-state index contributed by atoms with van der Waals surface area (Å²) in [5, 5.41) is 11.3. The van der Waals surface area contributed by atoms with Crippen LogP contribution < -0.4 is 4.72 Å². The quantitative estimate of drug-likeness (QED) is 0.532. The minimum Gasteiger partial charge on any atom is -0.253 e. The Morgan fingerprint density at radius 1 is 0.885 bits per heavy atom. The van der Waals surface area contributed by atoms with Crippen LogP contribution in [0.15, 0.2) is 71.6 Å². The lowest BCUT2D eigenvalue weighted by Crippen LogP contribution is -2.12. The smallest absolute Gasteiger partial charge is 0.253 e. The molecule has 0 aliphatic carbocycles. The summed E-state index contributed by atoms with van der Waals surface area (Å²) in [5.41, 5.74) is 0.822. The predicted molar refractivity (Wildman–Crippen MR) is 105 cm³/mol. The third-order valence-electron chi connectivity index (χ3n) is 3.77. The highest BCUT2D eigenvalue weighted by atomic mass is 35.5. The molecule has 0 bridgehead atoms. The van der Waals surface area contributed by atoms with Crippen molar-refractivity contribution in [2.45, 2.75) is 4.90 Å². The highest BCUT2D eigenvalue weighted by Crippen LogP contribution is 2.29. The summed E-state index contributed by atoms with van der Waals surface area (Å²) in [6, 6.07) is 19.7. The van der Waals surface area contributed by atoms with Crippen LogP contribution in [0.4, 0.5) is 5.13 Å². The Morgan fingerprint density at radius 3 is 2.38 bits per heavy atom. The number of hydrogen-bond acceptors (Lipinski definition) is 5. The molecule has 0 atom stereocenters. The number of nitrogens with zero attached hydrogens (tertiary/aromatic N) is 2. The van der Waals surface area contributed by atoms with Crippen molar-refractivity contribution in [3.05, 3.63) is 71.8 Å². The van der Waals surface area contributed by atoms with Crippen LogP contribution in [-0.4, -0.2) is 18.6 Å². The average molecular weight is 402 g/mol. The number of anilines is 1. The summed E-state index contributed by atoms with van der Waals surface area (Å²) >= 11 is 7.04. The molecule has 5 nitrogen and oxygen atoms in total. The number of fused-ring (bicyclic) bond motifs is 1. The van der Waals surface area contributed by atoms with Gasteiger partial charge in [0.2, 0.25) is 5.13 Å². The first kappa shape index (κ1) is 17.0. The van der Waals surface area contributed by atoms with Gasteiger partial charge >= 0.3 is 0 Å². The summed E-state index contributed by atoms with van der Waals surface area (Å²) in [4.78, 5) is 0.180. The number of nitrogens with one attached hydrogen (secondary N) is 1. The van der Waals surface area contributed by atoms with Gasteiger partial charge in [0.25, 0.3) is 10.0 Å². The highest BCUT2D eigenvalue weighted by molar-refractivity contribution is 7.93. The van der Waals surface area contributed by atoms with Gasteiger partial charge in [-0.05, 0) is 35.0 Å². The fraction of sp³-hybridized carbons (Fsp3) is 0. The molecule has 4 aromatic rings. The Labute approximate surface area is 159 Å². The molecule has 0 spiro atoms. The van der Waals surface area contributed by atoms with Crippen LogP contribution in [0.2, 0.25) is 5.02 Å². The lowest BCUT2D eigenvalue weighted by molar-refractivity contribution is 0.601. The van der Waals surface area contributed by atoms with Gasteiger partial charge in [-0.3, -0.25) is 4.72 Å². The van der Waals surface area contributed by atoms with E-state index in [1.165, 1.54) is 0 Å². The van der Waals surface area contributed by atoms with E-state index in [1.54, 1.807) is 30.3 Å². The summed E-state index contributed by atoms with van der Waals surface area (Å²) in [7, 11) is -3.74. The molecular weight excluding hydrogens is 390 g/mol. The molecule has 3 aromatic carbocycles. The van der Waals surface area contributed by atoms with Crippen LogP contribution in [0.25, 0.3) is 21.3 Å². The zero-order valence-corrected chi connectivity index (χ0v) is 15.6. The normalized spacial score (nSPS) is 11.6. The first-order chi connectivity index (χ1) is 12.5. The number of sulfonamides is 1. The van der Waals surface area contributed by atoms with Crippen LogP contribution in [0.1, 0.15) is 0 Å². The second-order valence-electron chi connectivity index (χ2n) is 5.53. The molecule has 0 aliphatic heterocycles. The Hall–Kier alpha value is -2.48. The van der Waals surface area contributed by atoms with Crippen molar-refractivity contribution in [1.82, 2.24) is 10.2 Å². The van der Waals surface area contributed by atoms with Gasteiger partial charge < -0.3 is 0 Å². The molecule has 0 radical (unpaired) electrons. The fourth-order valence-corrected chi connectivity index (χ4v) is 4.62. The van der Waals surface area contributed by atoms with Gasteiger partial charge in [0.15, 0.2) is 0 Å². The van der Waals surface area contributed by atoms with Crippen molar-refractivity contribution < 1.29 is 8.42 Å². The Bertz CT molecular complexity index is 1190. The van der Waals surface area contributed by atoms with Crippen LogP contribution in [0, 0.1) is 0 Å². The van der Waals surface area contributed by atoms with Crippen molar-refractivity contribution in [3.63, 3.8) is 0 Å². The lowest BCUT2D eigenvalue weighted by Gasteiger charge is -2.06. The Balaban J connectivity index is 1.62. The van der Waals surface area contributed by atoms with E-state index in [-0.39, 0.29) is 10.0 Å². The van der Waals surface area contributed by atoms with E-state index in [9.17, 15) is 8.42 Å². The molecular formula is C18H12ClN3O2S2. The zero-order valence-electron chi connectivity index (χ0n) is 13.3. The summed E-state index contributed by atoms with van der Waals surface area (Å²) in [5.74, 6) is 0. The molecule has 0 saturated heterocycles. The number of halogens is 1. The fourth-order valence-electron chi connectivity index (χ4n) is 2.48. The minimum atomic E-state index is -3.74. The highest BCUT2D eigenvalue weighted by Gasteiger charge is 2.17. The third-order valence-corrected chi connectivity index (χ3v) is 6.37. The molecule has 1 aromatic heterocycles. The maximum Gasteiger partial charge on any atom is 0.263 e. The molecule has 0 amide bonds. The molecule has 1 N–H and O–H groups in total. The van der Waals surface area contributed by atoms with Crippen molar-refractivity contribution in [1.29, 1.82) is 0 Å². The molecule has 1 heterocycles. The van der Waals surface area contributed by atoms with E-state index in [0.29, 0.717) is 10.0 Å². The maximum atomic E-state index is 12.6. The topological polar surface area (TPSA) is 72.0 Å². The van der Waals surface area contributed by atoms with Crippen LogP contribution >= 0.6 is 22.9 Å². The number of benzene rings is 3. The molecule has 0 unspecified atom stereocenters. The second kappa shape index (κ2) is 6.68. The average Bonchev–Trinajstić information content (AvgIpc) is 3.09. The first-order valence-electron chi connectivity index (χ1n) is 7.62. The van der Waals surface area contributed by atoms with Gasteiger partial charge in [-0.2, -0.15) is 0 Å². The number of aromatic nitrogens is 2. The Kier molecular flexibility index (Phi) is 4.36. The van der Waals surface area contributed by atoms with Gasteiger partial charge in [-0.1, -0.05) is 65.4 Å². The van der Waals surface area contributed by atoms with E-state index in [0.717, 1.165) is 27.7 Å². The van der Waals surface area contributed by atoms with Gasteiger partial charge in [0, 0.05) is 10.6 Å². The van der Waals surface area contributed by atoms with Crippen LogP contribution in [-0.2, 0) is 10.0 Å². The van der Waals surface area contributed by atoms with E-state index in [1.807, 2.05) is 36.4 Å². The SMILES string of the molecule is O=S(=O)(Nc1nnc(-c2ccc(Cl)cc2)s1)c1ccc2ccccc2c1. The van der Waals surface area contributed by atoms with E-state index in [2.05, 4.69) is 14.9 Å². The van der Waals surface area contributed by atoms with E-state index < -0.39 is 10.0 Å². The minimum absolute atomic E-state index is 0.180. The molecule has 4 rings (SSSR count). The standard InChI is InChI=1S/C18H12ClN3O2S2/c19-15-8-5-13(6-9-15)17-20-21-18(25-17)22-26(23,24)16-10-7-12-3-1-2-4-14(12)11-16/h1-11H,(H,21,22). The molecule has 8 heteroatoms. The molecule has 130 valence electrons. The van der Waals surface area contributed by atoms with E-state index in [4.69, 9.17) is 11.6 Å². The number of hydrogen-bond donors (Lipinski definition) is 1. The molecule has 0 fully saturated rings. The lowest BCUT2D eigenvalue weighted by atomic mass is 10.1. The van der Waals surface area contributed by atoms with E-state index >= 15 is 0 Å². The van der Waals surface area contributed by atoms with Gasteiger partial charge in [-0.15, -0.1) is 10.2 Å². The third kappa shape index (κ3) is 3.41. The Morgan fingerprint density at radius 2 is 1.62 bits per heavy atom. The summed E-state index contributed by atoms with van der Waals surface area (Å²) < 4.78 is 27.8. The molecule has 26 heavy (non-hydrogen) atoms. The van der Waals surface area contributed by atoms with Crippen molar-refractivity contribution in [2.24, 2.45) is 0 Å². The largest absolute Gasteiger partial charge is 0.263 e. The van der Waals surface area contributed by atoms with Gasteiger partial charge in [0.1, 0.15) is 5.01 Å². The van der Waals surface area contributed by atoms with Crippen molar-refractivity contribution >= 4 is 48.9 Å². The summed E-state index contributed by atoms with van der Waals surface area (Å²) in [6.45, 7) is 0. The van der Waals surface area contributed by atoms with Crippen molar-refractivity contribution in [2.75, 3.05) is 4.72 Å². The maximum absolute atomic E-state index is 12.6. The predicted octanol–water partition coefficient (Wildman–Crippen LogP) is 4.81. The monoisotopic (exact) mass is 401 g/mol.